The Hall–Kier alpha value is -3.72. The number of amides is 1. The molecule has 8 nitrogen and oxygen atoms in total. The fourth-order valence-electron chi connectivity index (χ4n) is 3.09. The minimum Gasteiger partial charge on any atom is -0.495 e. The lowest BCUT2D eigenvalue weighted by atomic mass is 10.1. The minimum absolute atomic E-state index is 0.0472. The molecule has 3 aromatic rings. The fraction of sp³-hybridized carbons (Fsp3) is 0.136. The summed E-state index contributed by atoms with van der Waals surface area (Å²) >= 11 is 0. The fourth-order valence-corrected chi connectivity index (χ4v) is 4.19. The van der Waals surface area contributed by atoms with E-state index in [0.29, 0.717) is 28.6 Å². The number of aryl methyl sites for hydroxylation is 1. The Morgan fingerprint density at radius 3 is 2.61 bits per heavy atom. The lowest BCUT2D eigenvalue weighted by Crippen LogP contribution is -2.16. The van der Waals surface area contributed by atoms with Crippen LogP contribution in [0.2, 0.25) is 0 Å². The summed E-state index contributed by atoms with van der Waals surface area (Å²) in [6, 6.07) is 15.9. The monoisotopic (exact) mass is 440 g/mol. The van der Waals surface area contributed by atoms with Crippen LogP contribution in [0.25, 0.3) is 0 Å². The average Bonchev–Trinajstić information content (AvgIpc) is 3.21. The second-order valence-electron chi connectivity index (χ2n) is 6.86. The smallest absolute Gasteiger partial charge is 0.261 e. The van der Waals surface area contributed by atoms with E-state index in [9.17, 15) is 13.2 Å². The lowest BCUT2D eigenvalue weighted by molar-refractivity contribution is 0.102. The van der Waals surface area contributed by atoms with Crippen molar-refractivity contribution in [3.8, 4) is 17.2 Å². The highest BCUT2D eigenvalue weighted by molar-refractivity contribution is 7.92. The molecule has 0 aromatic heterocycles. The quantitative estimate of drug-likeness (QED) is 0.605. The molecule has 2 N–H and O–H groups in total. The molecule has 1 amide bonds. The van der Waals surface area contributed by atoms with Gasteiger partial charge in [-0.15, -0.1) is 0 Å². The van der Waals surface area contributed by atoms with Crippen molar-refractivity contribution in [1.82, 2.24) is 0 Å². The second kappa shape index (κ2) is 8.19. The predicted molar refractivity (Wildman–Crippen MR) is 115 cm³/mol. The zero-order chi connectivity index (χ0) is 22.0. The number of benzene rings is 3. The number of carbonyl (C=O) groups is 1. The topological polar surface area (TPSA) is 103 Å². The third kappa shape index (κ3) is 4.41. The van der Waals surface area contributed by atoms with Gasteiger partial charge in [-0.2, -0.15) is 0 Å². The van der Waals surface area contributed by atoms with E-state index in [0.717, 1.165) is 5.56 Å². The number of fused-ring (bicyclic) bond motifs is 1. The van der Waals surface area contributed by atoms with Gasteiger partial charge in [0.1, 0.15) is 5.75 Å². The molecule has 0 saturated heterocycles. The highest BCUT2D eigenvalue weighted by Gasteiger charge is 2.20. The molecule has 4 rings (SSSR count). The molecule has 0 saturated carbocycles. The summed E-state index contributed by atoms with van der Waals surface area (Å²) in [4.78, 5) is 12.7. The van der Waals surface area contributed by atoms with Gasteiger partial charge in [0.05, 0.1) is 23.4 Å². The molecule has 1 aliphatic rings. The number of anilines is 2. The number of methoxy groups -OCH3 is 1. The van der Waals surface area contributed by atoms with Gasteiger partial charge in [0.2, 0.25) is 6.79 Å². The number of rotatable bonds is 6. The Bertz CT molecular complexity index is 1260. The van der Waals surface area contributed by atoms with E-state index in [1.807, 2.05) is 13.0 Å². The first-order valence-electron chi connectivity index (χ1n) is 9.34. The summed E-state index contributed by atoms with van der Waals surface area (Å²) < 4.78 is 44.0. The van der Waals surface area contributed by atoms with Crippen LogP contribution in [0.4, 0.5) is 11.4 Å². The van der Waals surface area contributed by atoms with E-state index in [1.54, 1.807) is 30.3 Å². The van der Waals surface area contributed by atoms with Crippen LogP contribution in [0, 0.1) is 6.92 Å². The third-order valence-corrected chi connectivity index (χ3v) is 6.01. The molecule has 0 bridgehead atoms. The zero-order valence-electron chi connectivity index (χ0n) is 16.8. The van der Waals surface area contributed by atoms with Crippen LogP contribution in [0.15, 0.2) is 65.6 Å². The molecule has 0 fully saturated rings. The summed E-state index contributed by atoms with van der Waals surface area (Å²) in [5.41, 5.74) is 1.96. The van der Waals surface area contributed by atoms with E-state index in [-0.39, 0.29) is 17.3 Å². The van der Waals surface area contributed by atoms with Crippen LogP contribution in [0.5, 0.6) is 17.2 Å². The molecular weight excluding hydrogens is 420 g/mol. The van der Waals surface area contributed by atoms with Crippen LogP contribution >= 0.6 is 0 Å². The summed E-state index contributed by atoms with van der Waals surface area (Å²) in [5, 5.41) is 2.77. The molecule has 31 heavy (non-hydrogen) atoms. The summed E-state index contributed by atoms with van der Waals surface area (Å²) in [6.07, 6.45) is 0. The SMILES string of the molecule is COc1ccc(C)cc1NC(=O)c1cccc(S(=O)(=O)Nc2ccc3c(c2)OCO3)c1. The maximum atomic E-state index is 12.8. The highest BCUT2D eigenvalue weighted by atomic mass is 32.2. The molecule has 1 aliphatic heterocycles. The maximum Gasteiger partial charge on any atom is 0.261 e. The summed E-state index contributed by atoms with van der Waals surface area (Å²) in [6.45, 7) is 1.98. The maximum absolute atomic E-state index is 12.8. The van der Waals surface area contributed by atoms with Gasteiger partial charge in [0.25, 0.3) is 15.9 Å². The molecule has 0 spiro atoms. The van der Waals surface area contributed by atoms with Crippen LogP contribution in [-0.4, -0.2) is 28.2 Å². The molecular formula is C22H20N2O6S. The van der Waals surface area contributed by atoms with Gasteiger partial charge < -0.3 is 19.5 Å². The van der Waals surface area contributed by atoms with Crippen LogP contribution in [0.1, 0.15) is 15.9 Å². The van der Waals surface area contributed by atoms with Crippen LogP contribution in [-0.2, 0) is 10.0 Å². The van der Waals surface area contributed by atoms with E-state index >= 15 is 0 Å². The van der Waals surface area contributed by atoms with Crippen molar-refractivity contribution in [2.24, 2.45) is 0 Å². The summed E-state index contributed by atoms with van der Waals surface area (Å²) in [7, 11) is -2.42. The molecule has 0 aliphatic carbocycles. The number of nitrogens with one attached hydrogen (secondary N) is 2. The Kier molecular flexibility index (Phi) is 5.43. The van der Waals surface area contributed by atoms with Crippen molar-refractivity contribution in [1.29, 1.82) is 0 Å². The number of hydrogen-bond donors (Lipinski definition) is 2. The molecule has 1 heterocycles. The number of carbonyl (C=O) groups excluding carboxylic acids is 1. The average molecular weight is 440 g/mol. The largest absolute Gasteiger partial charge is 0.495 e. The molecule has 3 aromatic carbocycles. The number of sulfonamides is 1. The van der Waals surface area contributed by atoms with Gasteiger partial charge in [0, 0.05) is 11.6 Å². The van der Waals surface area contributed by atoms with Crippen molar-refractivity contribution in [3.05, 3.63) is 71.8 Å². The Balaban J connectivity index is 1.56. The van der Waals surface area contributed by atoms with Gasteiger partial charge >= 0.3 is 0 Å². The van der Waals surface area contributed by atoms with Crippen molar-refractivity contribution in [2.45, 2.75) is 11.8 Å². The molecule has 0 radical (unpaired) electrons. The third-order valence-electron chi connectivity index (χ3n) is 4.63. The summed E-state index contributed by atoms with van der Waals surface area (Å²) in [5.74, 6) is 1.06. The van der Waals surface area contributed by atoms with Gasteiger partial charge in [-0.05, 0) is 55.0 Å². The van der Waals surface area contributed by atoms with Crippen molar-refractivity contribution < 1.29 is 27.4 Å². The molecule has 9 heteroatoms. The molecule has 160 valence electrons. The van der Waals surface area contributed by atoms with Gasteiger partial charge in [0.15, 0.2) is 11.5 Å². The standard InChI is InChI=1S/C22H20N2O6S/c1-14-6-8-19(28-2)18(10-14)23-22(25)15-4-3-5-17(11-15)31(26,27)24-16-7-9-20-21(12-16)30-13-29-20/h3-12,24H,13H2,1-2H3,(H,23,25). The number of hydrogen-bond acceptors (Lipinski definition) is 6. The van der Waals surface area contributed by atoms with E-state index < -0.39 is 15.9 Å². The van der Waals surface area contributed by atoms with Crippen molar-refractivity contribution in [3.63, 3.8) is 0 Å². The highest BCUT2D eigenvalue weighted by Crippen LogP contribution is 2.35. The Labute approximate surface area is 179 Å². The first kappa shape index (κ1) is 20.5. The first-order chi connectivity index (χ1) is 14.9. The van der Waals surface area contributed by atoms with Crippen LogP contribution < -0.4 is 24.2 Å². The van der Waals surface area contributed by atoms with E-state index in [4.69, 9.17) is 14.2 Å². The Morgan fingerprint density at radius 2 is 1.81 bits per heavy atom. The van der Waals surface area contributed by atoms with Crippen molar-refractivity contribution >= 4 is 27.3 Å². The van der Waals surface area contributed by atoms with Crippen LogP contribution in [0.3, 0.4) is 0 Å². The first-order valence-corrected chi connectivity index (χ1v) is 10.8. The van der Waals surface area contributed by atoms with Gasteiger partial charge in [-0.1, -0.05) is 12.1 Å². The van der Waals surface area contributed by atoms with E-state index in [2.05, 4.69) is 10.0 Å². The van der Waals surface area contributed by atoms with Gasteiger partial charge in [-0.3, -0.25) is 9.52 Å². The van der Waals surface area contributed by atoms with E-state index in [1.165, 1.54) is 31.4 Å². The second-order valence-corrected chi connectivity index (χ2v) is 8.54. The van der Waals surface area contributed by atoms with Crippen molar-refractivity contribution in [2.75, 3.05) is 23.9 Å². The Morgan fingerprint density at radius 1 is 1.00 bits per heavy atom. The lowest BCUT2D eigenvalue weighted by Gasteiger charge is -2.12. The minimum atomic E-state index is -3.93. The predicted octanol–water partition coefficient (Wildman–Crippen LogP) is 3.79. The molecule has 0 unspecified atom stereocenters. The van der Waals surface area contributed by atoms with Gasteiger partial charge in [-0.25, -0.2) is 8.42 Å². The molecule has 0 atom stereocenters. The zero-order valence-corrected chi connectivity index (χ0v) is 17.7. The number of ether oxygens (including phenoxy) is 3. The normalized spacial score (nSPS) is 12.3.